The highest BCUT2D eigenvalue weighted by Gasteiger charge is 2.20. The summed E-state index contributed by atoms with van der Waals surface area (Å²) < 4.78 is 7.12. The minimum Gasteiger partial charge on any atom is -0.493 e. The second-order valence-electron chi connectivity index (χ2n) is 5.21. The molecule has 1 unspecified atom stereocenters. The first-order chi connectivity index (χ1) is 10.1. The normalized spacial score (nSPS) is 12.6. The summed E-state index contributed by atoms with van der Waals surface area (Å²) in [6.45, 7) is 1.55. The number of ether oxygens (including phenoxy) is 1. The van der Waals surface area contributed by atoms with Crippen LogP contribution in [0.25, 0.3) is 0 Å². The fraction of sp³-hybridized carbons (Fsp3) is 0.467. The van der Waals surface area contributed by atoms with Crippen molar-refractivity contribution in [3.8, 4) is 5.75 Å². The van der Waals surface area contributed by atoms with Crippen molar-refractivity contribution in [2.45, 2.75) is 19.1 Å². The Labute approximate surface area is 125 Å². The Morgan fingerprint density at radius 2 is 2.19 bits per heavy atom. The van der Waals surface area contributed by atoms with E-state index < -0.39 is 6.10 Å². The van der Waals surface area contributed by atoms with Gasteiger partial charge in [0.15, 0.2) is 5.75 Å². The van der Waals surface area contributed by atoms with Gasteiger partial charge in [0.05, 0.1) is 19.9 Å². The van der Waals surface area contributed by atoms with Crippen LogP contribution in [0.5, 0.6) is 5.75 Å². The van der Waals surface area contributed by atoms with Crippen LogP contribution in [0.1, 0.15) is 17.4 Å². The third kappa shape index (κ3) is 4.03. The Morgan fingerprint density at radius 3 is 2.81 bits per heavy atom. The average Bonchev–Trinajstić information content (AvgIpc) is 2.89. The number of aliphatic hydroxyl groups is 1. The predicted molar refractivity (Wildman–Crippen MR) is 80.2 cm³/mol. The van der Waals surface area contributed by atoms with Crippen LogP contribution in [0.3, 0.4) is 0 Å². The second kappa shape index (κ2) is 7.19. The fourth-order valence-corrected chi connectivity index (χ4v) is 2.18. The lowest BCUT2D eigenvalue weighted by molar-refractivity contribution is 0.161. The van der Waals surface area contributed by atoms with Crippen molar-refractivity contribution in [2.75, 3.05) is 27.7 Å². The lowest BCUT2D eigenvalue weighted by Gasteiger charge is -2.16. The van der Waals surface area contributed by atoms with E-state index in [0.29, 0.717) is 24.4 Å². The molecule has 2 heterocycles. The van der Waals surface area contributed by atoms with Gasteiger partial charge < -0.3 is 14.7 Å². The summed E-state index contributed by atoms with van der Waals surface area (Å²) in [4.78, 5) is 6.15. The summed E-state index contributed by atoms with van der Waals surface area (Å²) >= 11 is 0. The summed E-state index contributed by atoms with van der Waals surface area (Å²) in [6, 6.07) is 3.81. The highest BCUT2D eigenvalue weighted by atomic mass is 16.5. The molecule has 2 aromatic rings. The standard InChI is InChI=1S/C15H22N4O2/c1-18(2)7-8-19-15(14(21-3)11-17-19)13(20)9-12-5-4-6-16-10-12/h4-6,10-11,13,20H,7-9H2,1-3H3. The molecule has 2 rings (SSSR count). The van der Waals surface area contributed by atoms with Crippen molar-refractivity contribution in [3.05, 3.63) is 42.0 Å². The van der Waals surface area contributed by atoms with Crippen LogP contribution in [-0.2, 0) is 13.0 Å². The molecule has 0 spiro atoms. The number of likely N-dealkylation sites (N-methyl/N-ethyl adjacent to an activating group) is 1. The van der Waals surface area contributed by atoms with E-state index in [9.17, 15) is 5.11 Å². The lowest BCUT2D eigenvalue weighted by atomic mass is 10.1. The molecule has 21 heavy (non-hydrogen) atoms. The Kier molecular flexibility index (Phi) is 5.30. The lowest BCUT2D eigenvalue weighted by Crippen LogP contribution is -2.21. The average molecular weight is 290 g/mol. The van der Waals surface area contributed by atoms with Gasteiger partial charge in [0, 0.05) is 25.4 Å². The molecule has 0 aliphatic heterocycles. The Morgan fingerprint density at radius 1 is 1.38 bits per heavy atom. The Hall–Kier alpha value is -1.92. The smallest absolute Gasteiger partial charge is 0.162 e. The maximum Gasteiger partial charge on any atom is 0.162 e. The van der Waals surface area contributed by atoms with Crippen LogP contribution < -0.4 is 4.74 Å². The highest BCUT2D eigenvalue weighted by molar-refractivity contribution is 5.28. The van der Waals surface area contributed by atoms with Gasteiger partial charge in [-0.05, 0) is 25.7 Å². The molecule has 0 aliphatic rings. The van der Waals surface area contributed by atoms with E-state index in [1.54, 1.807) is 30.4 Å². The second-order valence-corrected chi connectivity index (χ2v) is 5.21. The minimum atomic E-state index is -0.672. The summed E-state index contributed by atoms with van der Waals surface area (Å²) in [7, 11) is 5.60. The van der Waals surface area contributed by atoms with Crippen LogP contribution in [-0.4, -0.2) is 52.5 Å². The van der Waals surface area contributed by atoms with Gasteiger partial charge in [-0.15, -0.1) is 0 Å². The van der Waals surface area contributed by atoms with E-state index in [2.05, 4.69) is 15.0 Å². The maximum absolute atomic E-state index is 10.5. The number of pyridine rings is 1. The van der Waals surface area contributed by atoms with Gasteiger partial charge in [0.1, 0.15) is 11.8 Å². The van der Waals surface area contributed by atoms with Crippen LogP contribution in [0.15, 0.2) is 30.7 Å². The highest BCUT2D eigenvalue weighted by Crippen LogP contribution is 2.27. The summed E-state index contributed by atoms with van der Waals surface area (Å²) in [5, 5.41) is 14.8. The molecule has 0 fully saturated rings. The molecular formula is C15H22N4O2. The Bertz CT molecular complexity index is 554. The van der Waals surface area contributed by atoms with Gasteiger partial charge in [-0.25, -0.2) is 0 Å². The number of aliphatic hydroxyl groups excluding tert-OH is 1. The Balaban J connectivity index is 2.17. The van der Waals surface area contributed by atoms with Gasteiger partial charge in [-0.2, -0.15) is 5.10 Å². The first kappa shape index (κ1) is 15.5. The van der Waals surface area contributed by atoms with Crippen molar-refractivity contribution in [3.63, 3.8) is 0 Å². The minimum absolute atomic E-state index is 0.484. The topological polar surface area (TPSA) is 63.4 Å². The van der Waals surface area contributed by atoms with Gasteiger partial charge >= 0.3 is 0 Å². The summed E-state index contributed by atoms with van der Waals surface area (Å²) in [6.07, 6.45) is 4.94. The molecule has 0 aromatic carbocycles. The molecule has 1 N–H and O–H groups in total. The molecule has 0 amide bonds. The largest absolute Gasteiger partial charge is 0.493 e. The first-order valence-electron chi connectivity index (χ1n) is 6.93. The summed E-state index contributed by atoms with van der Waals surface area (Å²) in [5.74, 6) is 0.616. The maximum atomic E-state index is 10.5. The number of hydrogen-bond donors (Lipinski definition) is 1. The number of nitrogens with zero attached hydrogens (tertiary/aromatic N) is 4. The molecule has 0 aliphatic carbocycles. The summed E-state index contributed by atoms with van der Waals surface area (Å²) in [5.41, 5.74) is 1.69. The first-order valence-corrected chi connectivity index (χ1v) is 6.93. The zero-order valence-corrected chi connectivity index (χ0v) is 12.7. The van der Waals surface area contributed by atoms with E-state index in [-0.39, 0.29) is 0 Å². The van der Waals surface area contributed by atoms with Gasteiger partial charge in [0.2, 0.25) is 0 Å². The third-order valence-corrected chi connectivity index (χ3v) is 3.29. The number of methoxy groups -OCH3 is 1. The number of aromatic nitrogens is 3. The van der Waals surface area contributed by atoms with Crippen molar-refractivity contribution >= 4 is 0 Å². The van der Waals surface area contributed by atoms with Crippen molar-refractivity contribution in [1.29, 1.82) is 0 Å². The van der Waals surface area contributed by atoms with Gasteiger partial charge in [0.25, 0.3) is 0 Å². The molecule has 0 saturated carbocycles. The van der Waals surface area contributed by atoms with Crippen LogP contribution in [0.4, 0.5) is 0 Å². The molecule has 1 atom stereocenters. The zero-order valence-electron chi connectivity index (χ0n) is 12.7. The molecular weight excluding hydrogens is 268 g/mol. The van der Waals surface area contributed by atoms with Crippen molar-refractivity contribution in [2.24, 2.45) is 0 Å². The van der Waals surface area contributed by atoms with E-state index >= 15 is 0 Å². The van der Waals surface area contributed by atoms with Crippen molar-refractivity contribution < 1.29 is 9.84 Å². The van der Waals surface area contributed by atoms with Gasteiger partial charge in [-0.3, -0.25) is 9.67 Å². The van der Waals surface area contributed by atoms with Crippen LogP contribution >= 0.6 is 0 Å². The zero-order chi connectivity index (χ0) is 15.2. The van der Waals surface area contributed by atoms with Crippen molar-refractivity contribution in [1.82, 2.24) is 19.7 Å². The molecule has 2 aromatic heterocycles. The third-order valence-electron chi connectivity index (χ3n) is 3.29. The monoisotopic (exact) mass is 290 g/mol. The fourth-order valence-electron chi connectivity index (χ4n) is 2.18. The quantitative estimate of drug-likeness (QED) is 0.828. The van der Waals surface area contributed by atoms with E-state index in [1.165, 1.54) is 0 Å². The molecule has 0 bridgehead atoms. The molecule has 0 saturated heterocycles. The molecule has 6 nitrogen and oxygen atoms in total. The number of hydrogen-bond acceptors (Lipinski definition) is 5. The molecule has 0 radical (unpaired) electrons. The van der Waals surface area contributed by atoms with Crippen LogP contribution in [0, 0.1) is 0 Å². The number of rotatable bonds is 7. The van der Waals surface area contributed by atoms with Gasteiger partial charge in [-0.1, -0.05) is 6.07 Å². The van der Waals surface area contributed by atoms with E-state index in [1.807, 2.05) is 26.2 Å². The SMILES string of the molecule is COc1cnn(CCN(C)C)c1C(O)Cc1cccnc1. The van der Waals surface area contributed by atoms with Crippen LogP contribution in [0.2, 0.25) is 0 Å². The van der Waals surface area contributed by atoms with E-state index in [0.717, 1.165) is 12.1 Å². The predicted octanol–water partition coefficient (Wildman–Crippen LogP) is 1.12. The van der Waals surface area contributed by atoms with E-state index in [4.69, 9.17) is 4.74 Å². The molecule has 6 heteroatoms. The molecule has 114 valence electrons.